The van der Waals surface area contributed by atoms with Crippen LogP contribution in [0.1, 0.15) is 18.4 Å². The van der Waals surface area contributed by atoms with Gasteiger partial charge in [-0.2, -0.15) is 0 Å². The van der Waals surface area contributed by atoms with E-state index >= 15 is 0 Å². The number of rotatable bonds is 3. The molecule has 2 aliphatic carbocycles. The standard InChI is InChI=1S/C21H29N2Si.CH3.2ClH.Ti/c1-24(2,23-15-13-22-14-16-23)21-12-11-19-18(9-6-10-20(19)21)17-7-4-3-5-8-17;;;;/h3-10,19-21H,11-16H2,1-2H3;1H3;2*1H;/q2*-1;;;+2/p-2. The van der Waals surface area contributed by atoms with Crippen molar-refractivity contribution in [2.75, 3.05) is 26.2 Å². The quantitative estimate of drug-likeness (QED) is 0.352. The number of hydrogen-bond donors (Lipinski definition) is 0. The molecular formula is C22H32Cl2N2SiTi-2. The van der Waals surface area contributed by atoms with E-state index in [2.05, 4.69) is 71.5 Å². The van der Waals surface area contributed by atoms with Crippen molar-refractivity contribution in [2.45, 2.75) is 31.5 Å². The van der Waals surface area contributed by atoms with E-state index in [0.29, 0.717) is 0 Å². The summed E-state index contributed by atoms with van der Waals surface area (Å²) in [5.74, 6) is 1.47. The summed E-state index contributed by atoms with van der Waals surface area (Å²) in [7, 11) is 8.36. The van der Waals surface area contributed by atoms with Gasteiger partial charge in [-0.1, -0.05) is 68.1 Å². The average molecular weight is 471 g/mol. The monoisotopic (exact) mass is 470 g/mol. The maximum atomic E-state index is 4.89. The van der Waals surface area contributed by atoms with Gasteiger partial charge in [-0.05, 0) is 48.0 Å². The molecule has 1 saturated carbocycles. The number of fused-ring (bicyclic) bond motifs is 1. The summed E-state index contributed by atoms with van der Waals surface area (Å²) >= 11 is -0.556. The minimum atomic E-state index is -1.41. The first-order chi connectivity index (χ1) is 13.1. The molecule has 3 unspecified atom stereocenters. The molecule has 4 rings (SSSR count). The second-order valence-electron chi connectivity index (χ2n) is 8.12. The van der Waals surface area contributed by atoms with Gasteiger partial charge in [-0.3, -0.25) is 0 Å². The van der Waals surface area contributed by atoms with Crippen LogP contribution in [0.25, 0.3) is 10.9 Å². The van der Waals surface area contributed by atoms with Gasteiger partial charge in [0, 0.05) is 0 Å². The topological polar surface area (TPSA) is 17.3 Å². The number of halogens is 2. The minimum absolute atomic E-state index is 0. The van der Waals surface area contributed by atoms with Gasteiger partial charge in [0.25, 0.3) is 0 Å². The number of allylic oxidation sites excluding steroid dienone is 4. The van der Waals surface area contributed by atoms with Gasteiger partial charge in [-0.25, -0.2) is 0 Å². The van der Waals surface area contributed by atoms with Crippen LogP contribution in [-0.2, 0) is 17.0 Å². The molecule has 2 nitrogen and oxygen atoms in total. The molecule has 0 aromatic heterocycles. The van der Waals surface area contributed by atoms with Crippen molar-refractivity contribution < 1.29 is 17.0 Å². The summed E-state index contributed by atoms with van der Waals surface area (Å²) in [5.41, 5.74) is 3.88. The summed E-state index contributed by atoms with van der Waals surface area (Å²) in [6.07, 6.45) is 9.98. The Morgan fingerprint density at radius 1 is 1.07 bits per heavy atom. The van der Waals surface area contributed by atoms with Crippen LogP contribution in [0.2, 0.25) is 18.6 Å². The first-order valence-electron chi connectivity index (χ1n) is 9.88. The van der Waals surface area contributed by atoms with E-state index in [1.54, 1.807) is 5.57 Å². The summed E-state index contributed by atoms with van der Waals surface area (Å²) < 4.78 is 2.83. The Kier molecular flexibility index (Phi) is 10.0. The van der Waals surface area contributed by atoms with Gasteiger partial charge in [0.2, 0.25) is 0 Å². The molecule has 0 amide bonds. The fourth-order valence-corrected chi connectivity index (χ4v) is 9.23. The van der Waals surface area contributed by atoms with Gasteiger partial charge < -0.3 is 17.3 Å². The van der Waals surface area contributed by atoms with Gasteiger partial charge in [-0.15, -0.1) is 13.1 Å². The summed E-state index contributed by atoms with van der Waals surface area (Å²) in [6.45, 7) is 9.69. The molecule has 1 aliphatic heterocycles. The van der Waals surface area contributed by atoms with Crippen LogP contribution >= 0.6 is 18.6 Å². The normalized spacial score (nSPS) is 27.0. The Bertz CT molecular complexity index is 660. The van der Waals surface area contributed by atoms with Crippen molar-refractivity contribution in [3.8, 4) is 0 Å². The first-order valence-corrected chi connectivity index (χ1v) is 17.2. The molecule has 0 spiro atoms. The van der Waals surface area contributed by atoms with E-state index in [1.807, 2.05) is 0 Å². The van der Waals surface area contributed by atoms with Crippen LogP contribution < -0.4 is 0 Å². The van der Waals surface area contributed by atoms with Crippen LogP contribution in [0, 0.1) is 19.3 Å². The first kappa shape index (κ1) is 24.4. The van der Waals surface area contributed by atoms with Crippen LogP contribution in [0.3, 0.4) is 0 Å². The molecule has 1 saturated heterocycles. The van der Waals surface area contributed by atoms with E-state index in [1.165, 1.54) is 31.5 Å². The van der Waals surface area contributed by atoms with E-state index in [-0.39, 0.29) is 7.43 Å². The molecule has 0 N–H and O–H groups in total. The number of benzene rings is 1. The third kappa shape index (κ3) is 5.43. The number of nitrogens with zero attached hydrogens (tertiary/aromatic N) is 2. The zero-order valence-corrected chi connectivity index (χ0v) is 21.3. The number of piperazine rings is 1. The van der Waals surface area contributed by atoms with E-state index in [9.17, 15) is 0 Å². The van der Waals surface area contributed by atoms with Crippen molar-refractivity contribution in [1.82, 2.24) is 4.57 Å². The molecule has 3 atom stereocenters. The average Bonchev–Trinajstić information content (AvgIpc) is 3.15. The summed E-state index contributed by atoms with van der Waals surface area (Å²) in [6, 6.07) is 11.0. The summed E-state index contributed by atoms with van der Waals surface area (Å²) in [4.78, 5) is 0. The van der Waals surface area contributed by atoms with Gasteiger partial charge >= 0.3 is 35.6 Å². The van der Waals surface area contributed by atoms with Crippen molar-refractivity contribution in [3.63, 3.8) is 0 Å². The van der Waals surface area contributed by atoms with Gasteiger partial charge in [0.05, 0.1) is 0 Å². The molecule has 0 bridgehead atoms. The third-order valence-corrected chi connectivity index (χ3v) is 11.2. The fraction of sp³-hybridized carbons (Fsp3) is 0.500. The molecule has 2 fully saturated rings. The SMILES string of the molecule is C[Si](C)(C1CCC2C(c3ccccc3)=CC=CC21)N1CC[N-]CC1.[CH3-].[Cl][Ti][Cl]. The maximum absolute atomic E-state index is 4.89. The van der Waals surface area contributed by atoms with Crippen molar-refractivity contribution in [1.29, 1.82) is 0 Å². The molecule has 1 aromatic rings. The predicted octanol–water partition coefficient (Wildman–Crippen LogP) is 6.76. The predicted molar refractivity (Wildman–Crippen MR) is 124 cm³/mol. The van der Waals surface area contributed by atoms with E-state index < -0.39 is 25.3 Å². The van der Waals surface area contributed by atoms with Crippen molar-refractivity contribution in [2.24, 2.45) is 11.8 Å². The zero-order chi connectivity index (χ0) is 19.3. The number of hydrogen-bond acceptors (Lipinski definition) is 1. The second-order valence-corrected chi connectivity index (χ2v) is 15.4. The Morgan fingerprint density at radius 2 is 1.71 bits per heavy atom. The molecule has 154 valence electrons. The van der Waals surface area contributed by atoms with E-state index in [0.717, 1.165) is 30.5 Å². The second kappa shape index (κ2) is 11.5. The Labute approximate surface area is 189 Å². The van der Waals surface area contributed by atoms with E-state index in [4.69, 9.17) is 18.6 Å². The summed E-state index contributed by atoms with van der Waals surface area (Å²) in [5, 5.41) is 4.56. The molecular weight excluding hydrogens is 439 g/mol. The molecule has 0 radical (unpaired) electrons. The molecule has 1 heterocycles. The van der Waals surface area contributed by atoms with Gasteiger partial charge in [0.15, 0.2) is 0 Å². The van der Waals surface area contributed by atoms with Crippen molar-refractivity contribution >= 4 is 32.4 Å². The molecule has 6 heteroatoms. The van der Waals surface area contributed by atoms with Gasteiger partial charge in [0.1, 0.15) is 8.24 Å². The fourth-order valence-electron chi connectivity index (χ4n) is 5.25. The Balaban J connectivity index is 0.000000660. The van der Waals surface area contributed by atoms with Crippen LogP contribution in [0.4, 0.5) is 0 Å². The third-order valence-electron chi connectivity index (χ3n) is 6.61. The Morgan fingerprint density at radius 3 is 2.36 bits per heavy atom. The Hall–Kier alpha value is 0.131. The van der Waals surface area contributed by atoms with Crippen LogP contribution in [0.15, 0.2) is 48.6 Å². The van der Waals surface area contributed by atoms with Crippen LogP contribution in [-0.4, -0.2) is 39.0 Å². The zero-order valence-electron chi connectivity index (χ0n) is 17.2. The molecule has 28 heavy (non-hydrogen) atoms. The van der Waals surface area contributed by atoms with Crippen LogP contribution in [0.5, 0.6) is 0 Å². The molecule has 3 aliphatic rings. The van der Waals surface area contributed by atoms with Crippen molar-refractivity contribution in [3.05, 3.63) is 66.9 Å². The molecule has 1 aromatic carbocycles.